The molecule has 0 radical (unpaired) electrons. The normalized spacial score (nSPS) is 11.6. The van der Waals surface area contributed by atoms with E-state index >= 15 is 0 Å². The highest BCUT2D eigenvalue weighted by molar-refractivity contribution is 5.91. The molecular weight excluding hydrogens is 318 g/mol. The van der Waals surface area contributed by atoms with Crippen LogP contribution >= 0.6 is 0 Å². The van der Waals surface area contributed by atoms with Crippen LogP contribution in [0, 0.1) is 6.92 Å². The lowest BCUT2D eigenvalue weighted by atomic mass is 9.96. The van der Waals surface area contributed by atoms with Crippen molar-refractivity contribution in [3.8, 4) is 5.75 Å². The summed E-state index contributed by atoms with van der Waals surface area (Å²) in [6, 6.07) is 15.2. The Balaban J connectivity index is 1.86. The largest absolute Gasteiger partial charge is 0.482 e. The molecular formula is C20H23NO4. The Morgan fingerprint density at radius 1 is 1.16 bits per heavy atom. The van der Waals surface area contributed by atoms with Crippen molar-refractivity contribution in [2.45, 2.75) is 32.6 Å². The van der Waals surface area contributed by atoms with E-state index in [1.165, 1.54) is 5.56 Å². The van der Waals surface area contributed by atoms with Gasteiger partial charge in [0.1, 0.15) is 5.75 Å². The average Bonchev–Trinajstić information content (AvgIpc) is 2.60. The van der Waals surface area contributed by atoms with Gasteiger partial charge in [0.15, 0.2) is 6.61 Å². The lowest BCUT2D eigenvalue weighted by Crippen LogP contribution is -2.13. The van der Waals surface area contributed by atoms with Crippen LogP contribution in [-0.2, 0) is 9.59 Å². The first-order valence-corrected chi connectivity index (χ1v) is 8.25. The van der Waals surface area contributed by atoms with Gasteiger partial charge in [0.05, 0.1) is 0 Å². The van der Waals surface area contributed by atoms with E-state index in [0.29, 0.717) is 23.8 Å². The number of aliphatic carboxylic acids is 1. The maximum absolute atomic E-state index is 12.2. The van der Waals surface area contributed by atoms with Gasteiger partial charge in [-0.1, -0.05) is 37.3 Å². The Bertz CT molecular complexity index is 728. The lowest BCUT2D eigenvalue weighted by Gasteiger charge is -2.13. The summed E-state index contributed by atoms with van der Waals surface area (Å²) < 4.78 is 5.12. The third-order valence-electron chi connectivity index (χ3n) is 4.01. The second-order valence-electron chi connectivity index (χ2n) is 6.06. The van der Waals surface area contributed by atoms with Crippen molar-refractivity contribution in [2.75, 3.05) is 11.9 Å². The molecule has 0 aliphatic rings. The number of hydrogen-bond donors (Lipinski definition) is 2. The third-order valence-corrected chi connectivity index (χ3v) is 4.01. The Labute approximate surface area is 147 Å². The number of ether oxygens (including phenoxy) is 1. The molecule has 0 fully saturated rings. The smallest absolute Gasteiger partial charge is 0.341 e. The average molecular weight is 341 g/mol. The van der Waals surface area contributed by atoms with E-state index < -0.39 is 5.97 Å². The number of benzene rings is 2. The maximum atomic E-state index is 12.2. The molecule has 5 nitrogen and oxygen atoms in total. The molecule has 0 spiro atoms. The zero-order valence-electron chi connectivity index (χ0n) is 14.5. The number of amides is 1. The number of anilines is 1. The third kappa shape index (κ3) is 5.95. The lowest BCUT2D eigenvalue weighted by molar-refractivity contribution is -0.139. The fraction of sp³-hybridized carbons (Fsp3) is 0.300. The molecule has 1 atom stereocenters. The summed E-state index contributed by atoms with van der Waals surface area (Å²) >= 11 is 0. The van der Waals surface area contributed by atoms with E-state index in [0.717, 1.165) is 12.0 Å². The number of rotatable bonds is 8. The Kier molecular flexibility index (Phi) is 6.57. The van der Waals surface area contributed by atoms with Crippen molar-refractivity contribution in [3.63, 3.8) is 0 Å². The van der Waals surface area contributed by atoms with Crippen molar-refractivity contribution in [1.82, 2.24) is 0 Å². The second-order valence-corrected chi connectivity index (χ2v) is 6.06. The minimum Gasteiger partial charge on any atom is -0.482 e. The number of aryl methyl sites for hydroxylation is 1. The molecule has 0 bridgehead atoms. The van der Waals surface area contributed by atoms with Crippen molar-refractivity contribution in [3.05, 3.63) is 59.7 Å². The molecule has 5 heteroatoms. The molecule has 0 heterocycles. The van der Waals surface area contributed by atoms with Crippen LogP contribution in [-0.4, -0.2) is 23.6 Å². The quantitative estimate of drug-likeness (QED) is 0.761. The van der Waals surface area contributed by atoms with Gasteiger partial charge in [-0.15, -0.1) is 0 Å². The van der Waals surface area contributed by atoms with Gasteiger partial charge >= 0.3 is 5.97 Å². The van der Waals surface area contributed by atoms with Gasteiger partial charge in [0.2, 0.25) is 5.91 Å². The summed E-state index contributed by atoms with van der Waals surface area (Å²) in [5.74, 6) is -0.275. The Morgan fingerprint density at radius 2 is 1.88 bits per heavy atom. The van der Waals surface area contributed by atoms with Crippen LogP contribution in [0.15, 0.2) is 48.5 Å². The first kappa shape index (κ1) is 18.5. The van der Waals surface area contributed by atoms with Crippen molar-refractivity contribution in [2.24, 2.45) is 0 Å². The highest BCUT2D eigenvalue weighted by Gasteiger charge is 2.10. The van der Waals surface area contributed by atoms with Gasteiger partial charge in [-0.3, -0.25) is 4.79 Å². The van der Waals surface area contributed by atoms with Gasteiger partial charge in [-0.05, 0) is 48.6 Å². The molecule has 0 saturated carbocycles. The monoisotopic (exact) mass is 341 g/mol. The molecule has 132 valence electrons. The highest BCUT2D eigenvalue weighted by atomic mass is 16.5. The van der Waals surface area contributed by atoms with Crippen LogP contribution < -0.4 is 10.1 Å². The SMILES string of the molecule is Cc1cc(OCC(=O)O)ccc1NC(=O)CCC(C)c1ccccc1. The number of carboxylic acids is 1. The zero-order chi connectivity index (χ0) is 18.2. The fourth-order valence-corrected chi connectivity index (χ4v) is 2.52. The second kappa shape index (κ2) is 8.87. The summed E-state index contributed by atoms with van der Waals surface area (Å²) in [5.41, 5.74) is 2.76. The molecule has 0 saturated heterocycles. The van der Waals surface area contributed by atoms with Gasteiger partial charge in [-0.25, -0.2) is 4.79 Å². The van der Waals surface area contributed by atoms with Gasteiger partial charge in [-0.2, -0.15) is 0 Å². The van der Waals surface area contributed by atoms with Crippen LogP contribution in [0.1, 0.15) is 36.8 Å². The van der Waals surface area contributed by atoms with Crippen molar-refractivity contribution in [1.29, 1.82) is 0 Å². The summed E-state index contributed by atoms with van der Waals surface area (Å²) in [6.07, 6.45) is 1.21. The van der Waals surface area contributed by atoms with Crippen LogP contribution in [0.3, 0.4) is 0 Å². The van der Waals surface area contributed by atoms with Gasteiger partial charge in [0, 0.05) is 12.1 Å². The summed E-state index contributed by atoms with van der Waals surface area (Å²) in [6.45, 7) is 3.57. The van der Waals surface area contributed by atoms with E-state index in [1.54, 1.807) is 18.2 Å². The number of nitrogens with one attached hydrogen (secondary N) is 1. The van der Waals surface area contributed by atoms with E-state index in [2.05, 4.69) is 24.4 Å². The predicted octanol–water partition coefficient (Wildman–Crippen LogP) is 3.98. The first-order chi connectivity index (χ1) is 12.0. The Morgan fingerprint density at radius 3 is 2.52 bits per heavy atom. The van der Waals surface area contributed by atoms with E-state index in [9.17, 15) is 9.59 Å². The molecule has 25 heavy (non-hydrogen) atoms. The van der Waals surface area contributed by atoms with Crippen molar-refractivity contribution >= 4 is 17.6 Å². The fourth-order valence-electron chi connectivity index (χ4n) is 2.52. The zero-order valence-corrected chi connectivity index (χ0v) is 14.5. The Hall–Kier alpha value is -2.82. The number of carboxylic acid groups (broad SMARTS) is 1. The minimum absolute atomic E-state index is 0.0370. The maximum Gasteiger partial charge on any atom is 0.341 e. The molecule has 2 aromatic carbocycles. The molecule has 1 unspecified atom stereocenters. The molecule has 0 aromatic heterocycles. The van der Waals surface area contributed by atoms with Crippen LogP contribution in [0.25, 0.3) is 0 Å². The van der Waals surface area contributed by atoms with E-state index in [-0.39, 0.29) is 12.5 Å². The van der Waals surface area contributed by atoms with Crippen molar-refractivity contribution < 1.29 is 19.4 Å². The topological polar surface area (TPSA) is 75.6 Å². The van der Waals surface area contributed by atoms with Crippen LogP contribution in [0.5, 0.6) is 5.75 Å². The van der Waals surface area contributed by atoms with E-state index in [1.807, 2.05) is 25.1 Å². The summed E-state index contributed by atoms with van der Waals surface area (Å²) in [7, 11) is 0. The molecule has 1 amide bonds. The van der Waals surface area contributed by atoms with E-state index in [4.69, 9.17) is 9.84 Å². The number of hydrogen-bond acceptors (Lipinski definition) is 3. The summed E-state index contributed by atoms with van der Waals surface area (Å²) in [5, 5.41) is 11.5. The highest BCUT2D eigenvalue weighted by Crippen LogP contribution is 2.23. The number of carbonyl (C=O) groups excluding carboxylic acids is 1. The summed E-state index contributed by atoms with van der Waals surface area (Å²) in [4.78, 5) is 22.7. The molecule has 0 aliphatic carbocycles. The molecule has 2 N–H and O–H groups in total. The first-order valence-electron chi connectivity index (χ1n) is 8.25. The van der Waals surface area contributed by atoms with Gasteiger partial charge < -0.3 is 15.2 Å². The molecule has 0 aliphatic heterocycles. The predicted molar refractivity (Wildman–Crippen MR) is 97.0 cm³/mol. The van der Waals surface area contributed by atoms with Crippen LogP contribution in [0.4, 0.5) is 5.69 Å². The minimum atomic E-state index is -1.03. The van der Waals surface area contributed by atoms with Crippen LogP contribution in [0.2, 0.25) is 0 Å². The standard InChI is InChI=1S/C20H23NO4/c1-14(16-6-4-3-5-7-16)8-11-19(22)21-18-10-9-17(12-15(18)2)25-13-20(23)24/h3-7,9-10,12,14H,8,11,13H2,1-2H3,(H,21,22)(H,23,24). The van der Waals surface area contributed by atoms with Gasteiger partial charge in [0.25, 0.3) is 0 Å². The molecule has 2 aromatic rings. The number of carbonyl (C=O) groups is 2. The molecule has 2 rings (SSSR count).